The van der Waals surface area contributed by atoms with Crippen molar-refractivity contribution < 1.29 is 21.6 Å². The molecule has 0 aliphatic rings. The Labute approximate surface area is 170 Å². The van der Waals surface area contributed by atoms with Crippen LogP contribution >= 0.6 is 0 Å². The van der Waals surface area contributed by atoms with Gasteiger partial charge in [-0.05, 0) is 67.6 Å². The number of aryl methyl sites for hydroxylation is 1. The summed E-state index contributed by atoms with van der Waals surface area (Å²) in [4.78, 5) is 0.231. The highest BCUT2D eigenvalue weighted by molar-refractivity contribution is 7.93. The molecule has 0 heterocycles. The number of methoxy groups -OCH3 is 1. The predicted molar refractivity (Wildman–Crippen MR) is 112 cm³/mol. The van der Waals surface area contributed by atoms with Crippen LogP contribution in [0.1, 0.15) is 5.56 Å². The molecule has 0 bridgehead atoms. The molecule has 3 rings (SSSR count). The Morgan fingerprint density at radius 2 is 1.00 bits per heavy atom. The van der Waals surface area contributed by atoms with Gasteiger partial charge in [-0.1, -0.05) is 17.7 Å². The highest BCUT2D eigenvalue weighted by atomic mass is 32.2. The second kappa shape index (κ2) is 8.14. The molecule has 0 amide bonds. The van der Waals surface area contributed by atoms with E-state index in [4.69, 9.17) is 4.74 Å². The largest absolute Gasteiger partial charge is 0.497 e. The third kappa shape index (κ3) is 5.07. The van der Waals surface area contributed by atoms with Crippen LogP contribution in [-0.4, -0.2) is 23.9 Å². The molecule has 0 fully saturated rings. The fraction of sp³-hybridized carbons (Fsp3) is 0.100. The predicted octanol–water partition coefficient (Wildman–Crippen LogP) is 3.61. The number of sulfonamides is 2. The molecule has 0 unspecified atom stereocenters. The van der Waals surface area contributed by atoms with Crippen molar-refractivity contribution in [1.82, 2.24) is 0 Å². The van der Waals surface area contributed by atoms with Crippen molar-refractivity contribution in [3.05, 3.63) is 78.4 Å². The van der Waals surface area contributed by atoms with Crippen LogP contribution in [0.25, 0.3) is 0 Å². The molecule has 0 spiro atoms. The van der Waals surface area contributed by atoms with Gasteiger partial charge in [0.2, 0.25) is 0 Å². The molecule has 29 heavy (non-hydrogen) atoms. The zero-order chi connectivity index (χ0) is 21.1. The number of hydrogen-bond donors (Lipinski definition) is 2. The molecule has 2 N–H and O–H groups in total. The van der Waals surface area contributed by atoms with Crippen LogP contribution in [0, 0.1) is 6.92 Å². The lowest BCUT2D eigenvalue weighted by Gasteiger charge is -2.11. The Balaban J connectivity index is 1.73. The molecule has 0 aliphatic carbocycles. The van der Waals surface area contributed by atoms with E-state index in [1.807, 2.05) is 6.92 Å². The van der Waals surface area contributed by atoms with Crippen LogP contribution in [0.15, 0.2) is 82.6 Å². The van der Waals surface area contributed by atoms with Gasteiger partial charge in [0.1, 0.15) is 5.75 Å². The van der Waals surface area contributed by atoms with Crippen molar-refractivity contribution in [2.24, 2.45) is 0 Å². The molecule has 0 atom stereocenters. The van der Waals surface area contributed by atoms with Gasteiger partial charge in [0.25, 0.3) is 20.0 Å². The number of rotatable bonds is 7. The quantitative estimate of drug-likeness (QED) is 0.594. The Morgan fingerprint density at radius 3 is 1.38 bits per heavy atom. The maximum absolute atomic E-state index is 12.5. The molecule has 0 aromatic heterocycles. The molecule has 0 radical (unpaired) electrons. The zero-order valence-electron chi connectivity index (χ0n) is 15.8. The van der Waals surface area contributed by atoms with Gasteiger partial charge in [0.15, 0.2) is 0 Å². The first-order valence-electron chi connectivity index (χ1n) is 8.56. The molecule has 152 valence electrons. The molecule has 3 aromatic rings. The van der Waals surface area contributed by atoms with E-state index in [0.717, 1.165) is 5.56 Å². The summed E-state index contributed by atoms with van der Waals surface area (Å²) in [5.41, 5.74) is 1.58. The van der Waals surface area contributed by atoms with Crippen molar-refractivity contribution in [1.29, 1.82) is 0 Å². The van der Waals surface area contributed by atoms with Gasteiger partial charge in [-0.15, -0.1) is 0 Å². The second-order valence-corrected chi connectivity index (χ2v) is 9.64. The lowest BCUT2D eigenvalue weighted by Crippen LogP contribution is -2.14. The van der Waals surface area contributed by atoms with E-state index < -0.39 is 20.0 Å². The van der Waals surface area contributed by atoms with Crippen molar-refractivity contribution in [2.75, 3.05) is 16.6 Å². The van der Waals surface area contributed by atoms with Crippen molar-refractivity contribution in [2.45, 2.75) is 16.7 Å². The minimum Gasteiger partial charge on any atom is -0.497 e. The summed E-state index contributed by atoms with van der Waals surface area (Å²) >= 11 is 0. The molecular formula is C20H20N2O5S2. The highest BCUT2D eigenvalue weighted by Crippen LogP contribution is 2.22. The second-order valence-electron chi connectivity index (χ2n) is 6.28. The lowest BCUT2D eigenvalue weighted by atomic mass is 10.2. The zero-order valence-corrected chi connectivity index (χ0v) is 17.4. The summed E-state index contributed by atoms with van der Waals surface area (Å²) in [6, 6.07) is 18.4. The van der Waals surface area contributed by atoms with E-state index in [0.29, 0.717) is 17.1 Å². The summed E-state index contributed by atoms with van der Waals surface area (Å²) in [5, 5.41) is 0. The van der Waals surface area contributed by atoms with Gasteiger partial charge < -0.3 is 4.74 Å². The standard InChI is InChI=1S/C20H20N2O5S2/c1-15-3-11-19(12-4-15)28(23,24)21-16-5-7-17(8-6-16)22-29(25,26)20-13-9-18(27-2)10-14-20/h3-14,21-22H,1-2H3. The van der Waals surface area contributed by atoms with Gasteiger partial charge in [0, 0.05) is 11.4 Å². The van der Waals surface area contributed by atoms with Crippen molar-refractivity contribution in [3.63, 3.8) is 0 Å². The Kier molecular flexibility index (Phi) is 5.81. The molecule has 7 nitrogen and oxygen atoms in total. The van der Waals surface area contributed by atoms with E-state index >= 15 is 0 Å². The van der Waals surface area contributed by atoms with Gasteiger partial charge in [0.05, 0.1) is 16.9 Å². The number of nitrogens with one attached hydrogen (secondary N) is 2. The lowest BCUT2D eigenvalue weighted by molar-refractivity contribution is 0.414. The van der Waals surface area contributed by atoms with E-state index in [9.17, 15) is 16.8 Å². The molecule has 0 aliphatic heterocycles. The van der Waals surface area contributed by atoms with E-state index in [1.165, 1.54) is 55.6 Å². The third-order valence-corrected chi connectivity index (χ3v) is 6.88. The summed E-state index contributed by atoms with van der Waals surface area (Å²) < 4.78 is 59.7. The first-order chi connectivity index (χ1) is 13.7. The van der Waals surface area contributed by atoms with E-state index in [-0.39, 0.29) is 9.79 Å². The number of benzene rings is 3. The third-order valence-electron chi connectivity index (χ3n) is 4.09. The topological polar surface area (TPSA) is 102 Å². The maximum Gasteiger partial charge on any atom is 0.261 e. The monoisotopic (exact) mass is 432 g/mol. The Morgan fingerprint density at radius 1 is 0.621 bits per heavy atom. The molecule has 0 saturated heterocycles. The van der Waals surface area contributed by atoms with Gasteiger partial charge >= 0.3 is 0 Å². The summed E-state index contributed by atoms with van der Waals surface area (Å²) in [6.07, 6.45) is 0. The summed E-state index contributed by atoms with van der Waals surface area (Å²) in [7, 11) is -6.01. The molecular weight excluding hydrogens is 412 g/mol. The van der Waals surface area contributed by atoms with Gasteiger partial charge in [-0.2, -0.15) is 0 Å². The number of ether oxygens (including phenoxy) is 1. The number of anilines is 2. The summed E-state index contributed by atoms with van der Waals surface area (Å²) in [6.45, 7) is 1.87. The van der Waals surface area contributed by atoms with Crippen molar-refractivity contribution in [3.8, 4) is 5.75 Å². The average Bonchev–Trinajstić information content (AvgIpc) is 2.69. The minimum atomic E-state index is -3.78. The fourth-order valence-electron chi connectivity index (χ4n) is 2.51. The first kappa shape index (κ1) is 20.7. The smallest absolute Gasteiger partial charge is 0.261 e. The fourth-order valence-corrected chi connectivity index (χ4v) is 4.62. The first-order valence-corrected chi connectivity index (χ1v) is 11.5. The minimum absolute atomic E-state index is 0.0856. The van der Waals surface area contributed by atoms with Crippen LogP contribution in [0.2, 0.25) is 0 Å². The van der Waals surface area contributed by atoms with Crippen molar-refractivity contribution >= 4 is 31.4 Å². The van der Waals surface area contributed by atoms with Crippen LogP contribution < -0.4 is 14.2 Å². The maximum atomic E-state index is 12.5. The van der Waals surface area contributed by atoms with Gasteiger partial charge in [-0.3, -0.25) is 9.44 Å². The van der Waals surface area contributed by atoms with Gasteiger partial charge in [-0.25, -0.2) is 16.8 Å². The average molecular weight is 433 g/mol. The normalized spacial score (nSPS) is 11.7. The van der Waals surface area contributed by atoms with E-state index in [1.54, 1.807) is 24.3 Å². The SMILES string of the molecule is COc1ccc(S(=O)(=O)Nc2ccc(NS(=O)(=O)c3ccc(C)cc3)cc2)cc1. The van der Waals surface area contributed by atoms with E-state index in [2.05, 4.69) is 9.44 Å². The Hall–Kier alpha value is -3.04. The summed E-state index contributed by atoms with van der Waals surface area (Å²) in [5.74, 6) is 0.550. The van der Waals surface area contributed by atoms with Crippen LogP contribution in [0.3, 0.4) is 0 Å². The molecule has 9 heteroatoms. The highest BCUT2D eigenvalue weighted by Gasteiger charge is 2.16. The molecule has 3 aromatic carbocycles. The molecule has 0 saturated carbocycles. The van der Waals surface area contributed by atoms with Crippen LogP contribution in [-0.2, 0) is 20.0 Å². The Bertz CT molecular complexity index is 1190. The van der Waals surface area contributed by atoms with Crippen LogP contribution in [0.4, 0.5) is 11.4 Å². The van der Waals surface area contributed by atoms with Crippen LogP contribution in [0.5, 0.6) is 5.75 Å². The number of hydrogen-bond acceptors (Lipinski definition) is 5.